The Labute approximate surface area is 174 Å². The number of rotatable bonds is 7. The molecule has 2 aliphatic heterocycles. The summed E-state index contributed by atoms with van der Waals surface area (Å²) >= 11 is 0. The molecule has 2 N–H and O–H groups in total. The van der Waals surface area contributed by atoms with Gasteiger partial charge in [-0.3, -0.25) is 4.79 Å². The van der Waals surface area contributed by atoms with Gasteiger partial charge in [-0.15, -0.1) is 0 Å². The first-order valence-corrected chi connectivity index (χ1v) is 10.8. The van der Waals surface area contributed by atoms with Crippen molar-refractivity contribution in [1.29, 1.82) is 5.26 Å². The van der Waals surface area contributed by atoms with Gasteiger partial charge in [0.2, 0.25) is 5.91 Å². The second-order valence-corrected chi connectivity index (χ2v) is 9.14. The van der Waals surface area contributed by atoms with Crippen molar-refractivity contribution in [2.75, 3.05) is 46.4 Å². The number of hydrogen-bond acceptors (Lipinski definition) is 5. The van der Waals surface area contributed by atoms with E-state index in [9.17, 15) is 14.9 Å². The van der Waals surface area contributed by atoms with Crippen LogP contribution < -0.4 is 10.6 Å². The van der Waals surface area contributed by atoms with Gasteiger partial charge in [0.05, 0.1) is 19.3 Å². The maximum Gasteiger partial charge on any atom is 0.318 e. The highest BCUT2D eigenvalue weighted by molar-refractivity contribution is 5.87. The lowest BCUT2D eigenvalue weighted by molar-refractivity contribution is -0.125. The molecule has 8 heteroatoms. The lowest BCUT2D eigenvalue weighted by Crippen LogP contribution is -2.60. The summed E-state index contributed by atoms with van der Waals surface area (Å²) in [7, 11) is 2.02. The highest BCUT2D eigenvalue weighted by Crippen LogP contribution is 2.27. The molecular formula is C21H37N5O3. The van der Waals surface area contributed by atoms with E-state index in [2.05, 4.69) is 42.4 Å². The third-order valence-electron chi connectivity index (χ3n) is 6.40. The minimum absolute atomic E-state index is 0.0860. The van der Waals surface area contributed by atoms with Crippen LogP contribution in [-0.4, -0.2) is 79.8 Å². The zero-order chi connectivity index (χ0) is 21.5. The Kier molecular flexibility index (Phi) is 8.29. The Hall–Kier alpha value is -1.85. The summed E-state index contributed by atoms with van der Waals surface area (Å²) in [4.78, 5) is 29.7. The van der Waals surface area contributed by atoms with Gasteiger partial charge in [-0.2, -0.15) is 5.26 Å². The molecule has 2 rings (SSSR count). The average Bonchev–Trinajstić information content (AvgIpc) is 2.73. The van der Waals surface area contributed by atoms with Crippen LogP contribution in [0.3, 0.4) is 0 Å². The van der Waals surface area contributed by atoms with E-state index in [0.29, 0.717) is 45.6 Å². The molecule has 0 spiro atoms. The van der Waals surface area contributed by atoms with Gasteiger partial charge in [-0.1, -0.05) is 27.2 Å². The van der Waals surface area contributed by atoms with Crippen molar-refractivity contribution in [3.8, 4) is 6.07 Å². The zero-order valence-electron chi connectivity index (χ0n) is 18.4. The van der Waals surface area contributed by atoms with E-state index >= 15 is 0 Å². The first kappa shape index (κ1) is 23.4. The fourth-order valence-electron chi connectivity index (χ4n) is 3.58. The maximum atomic E-state index is 13.1. The van der Waals surface area contributed by atoms with E-state index in [-0.39, 0.29) is 17.4 Å². The number of likely N-dealkylation sites (tertiary alicyclic amines) is 1. The zero-order valence-corrected chi connectivity index (χ0v) is 18.4. The molecule has 8 nitrogen and oxygen atoms in total. The third kappa shape index (κ3) is 6.86. The number of carbonyl (C=O) groups is 2. The standard InChI is InChI=1S/C21H37N5O3/c1-5-20(2,3)7-6-17(23-19(28)26-12-14-29-15-13-26)18(27)24-21(16-22)8-10-25(4)11-9-21/h17H,5-15H2,1-4H3,(H,23,28)(H,24,27)/t17-/m0/s1. The Morgan fingerprint density at radius 1 is 1.21 bits per heavy atom. The molecule has 1 atom stereocenters. The number of hydrogen-bond donors (Lipinski definition) is 2. The predicted molar refractivity (Wildman–Crippen MR) is 111 cm³/mol. The summed E-state index contributed by atoms with van der Waals surface area (Å²) in [5, 5.41) is 15.7. The predicted octanol–water partition coefficient (Wildman–Crippen LogP) is 1.72. The number of nitrogens with zero attached hydrogens (tertiary/aromatic N) is 3. The van der Waals surface area contributed by atoms with Gasteiger partial charge in [-0.25, -0.2) is 4.79 Å². The minimum atomic E-state index is -0.855. The molecule has 2 saturated heterocycles. The van der Waals surface area contributed by atoms with Gasteiger partial charge in [0.25, 0.3) is 0 Å². The van der Waals surface area contributed by atoms with Crippen LogP contribution in [0, 0.1) is 16.7 Å². The first-order chi connectivity index (χ1) is 13.7. The topological polar surface area (TPSA) is 97.7 Å². The molecule has 29 heavy (non-hydrogen) atoms. The number of carbonyl (C=O) groups excluding carboxylic acids is 2. The molecule has 2 fully saturated rings. The average molecular weight is 408 g/mol. The third-order valence-corrected chi connectivity index (χ3v) is 6.40. The van der Waals surface area contributed by atoms with Crippen LogP contribution in [0.1, 0.15) is 52.9 Å². The maximum absolute atomic E-state index is 13.1. The molecule has 0 saturated carbocycles. The van der Waals surface area contributed by atoms with Crippen LogP contribution in [0.15, 0.2) is 0 Å². The van der Waals surface area contributed by atoms with Crippen molar-refractivity contribution < 1.29 is 14.3 Å². The van der Waals surface area contributed by atoms with Crippen LogP contribution in [-0.2, 0) is 9.53 Å². The molecule has 0 unspecified atom stereocenters. The summed E-state index contributed by atoms with van der Waals surface area (Å²) in [6, 6.07) is 1.44. The van der Waals surface area contributed by atoms with Gasteiger partial charge >= 0.3 is 6.03 Å². The van der Waals surface area contributed by atoms with Crippen molar-refractivity contribution in [2.45, 2.75) is 64.5 Å². The van der Waals surface area contributed by atoms with Crippen LogP contribution in [0.2, 0.25) is 0 Å². The SMILES string of the molecule is CCC(C)(C)CC[C@H](NC(=O)N1CCOCC1)C(=O)NC1(C#N)CCN(C)CC1. The summed E-state index contributed by atoms with van der Waals surface area (Å²) in [6.07, 6.45) is 3.54. The van der Waals surface area contributed by atoms with Crippen LogP contribution in [0.5, 0.6) is 0 Å². The fraction of sp³-hybridized carbons (Fsp3) is 0.857. The summed E-state index contributed by atoms with van der Waals surface area (Å²) in [5.41, 5.74) is -0.769. The number of nitriles is 1. The Morgan fingerprint density at radius 2 is 1.83 bits per heavy atom. The summed E-state index contributed by atoms with van der Waals surface area (Å²) in [6.45, 7) is 10.1. The summed E-state index contributed by atoms with van der Waals surface area (Å²) in [5.74, 6) is -0.260. The number of amides is 3. The molecule has 0 aromatic rings. The number of piperidine rings is 1. The molecule has 0 aromatic carbocycles. The smallest absolute Gasteiger partial charge is 0.318 e. The monoisotopic (exact) mass is 407 g/mol. The van der Waals surface area contributed by atoms with Gasteiger partial charge in [0.1, 0.15) is 11.6 Å². The molecule has 164 valence electrons. The van der Waals surface area contributed by atoms with E-state index in [1.807, 2.05) is 7.05 Å². The molecular weight excluding hydrogens is 370 g/mol. The highest BCUT2D eigenvalue weighted by Gasteiger charge is 2.38. The lowest BCUT2D eigenvalue weighted by atomic mass is 9.83. The molecule has 0 aliphatic carbocycles. The molecule has 2 heterocycles. The van der Waals surface area contributed by atoms with Gasteiger partial charge < -0.3 is 25.2 Å². The van der Waals surface area contributed by atoms with E-state index < -0.39 is 11.6 Å². The largest absolute Gasteiger partial charge is 0.378 e. The lowest BCUT2D eigenvalue weighted by Gasteiger charge is -2.37. The minimum Gasteiger partial charge on any atom is -0.378 e. The highest BCUT2D eigenvalue weighted by atomic mass is 16.5. The normalized spacial score (nSPS) is 21.1. The van der Waals surface area contributed by atoms with Crippen molar-refractivity contribution in [1.82, 2.24) is 20.4 Å². The molecule has 3 amide bonds. The van der Waals surface area contributed by atoms with Crippen molar-refractivity contribution in [3.05, 3.63) is 0 Å². The number of ether oxygens (including phenoxy) is 1. The number of urea groups is 1. The van der Waals surface area contributed by atoms with Crippen LogP contribution in [0.4, 0.5) is 4.79 Å². The van der Waals surface area contributed by atoms with Gasteiger partial charge in [0.15, 0.2) is 0 Å². The van der Waals surface area contributed by atoms with E-state index in [4.69, 9.17) is 4.74 Å². The van der Waals surface area contributed by atoms with E-state index in [1.54, 1.807) is 4.90 Å². The number of morpholine rings is 1. The van der Waals surface area contributed by atoms with E-state index in [1.165, 1.54) is 0 Å². The Bertz CT molecular complexity index is 602. The molecule has 0 bridgehead atoms. The quantitative estimate of drug-likeness (QED) is 0.670. The van der Waals surface area contributed by atoms with Crippen molar-refractivity contribution in [3.63, 3.8) is 0 Å². The first-order valence-electron chi connectivity index (χ1n) is 10.8. The molecule has 0 aromatic heterocycles. The second-order valence-electron chi connectivity index (χ2n) is 9.14. The summed E-state index contributed by atoms with van der Waals surface area (Å²) < 4.78 is 5.31. The van der Waals surface area contributed by atoms with Crippen LogP contribution in [0.25, 0.3) is 0 Å². The Balaban J connectivity index is 2.06. The van der Waals surface area contributed by atoms with Crippen molar-refractivity contribution in [2.24, 2.45) is 5.41 Å². The molecule has 2 aliphatic rings. The van der Waals surface area contributed by atoms with Crippen molar-refractivity contribution >= 4 is 11.9 Å². The number of nitrogens with one attached hydrogen (secondary N) is 2. The molecule has 0 radical (unpaired) electrons. The van der Waals surface area contributed by atoms with Gasteiger partial charge in [-0.05, 0) is 38.1 Å². The van der Waals surface area contributed by atoms with E-state index in [0.717, 1.165) is 25.9 Å². The van der Waals surface area contributed by atoms with Crippen LogP contribution >= 0.6 is 0 Å². The fourth-order valence-corrected chi connectivity index (χ4v) is 3.58. The second kappa shape index (κ2) is 10.3. The Morgan fingerprint density at radius 3 is 2.38 bits per heavy atom. The van der Waals surface area contributed by atoms with Gasteiger partial charge in [0, 0.05) is 26.2 Å².